The van der Waals surface area contributed by atoms with E-state index in [2.05, 4.69) is 4.98 Å². The number of phenolic OH excluding ortho intramolecular Hbond substituents is 1. The third-order valence-electron chi connectivity index (χ3n) is 3.88. The van der Waals surface area contributed by atoms with Gasteiger partial charge < -0.3 is 14.9 Å². The SMILES string of the molecule is COc1cccc(-n2c(C(C)C)nc3cc(C(=O)O)ccc32)c1O. The summed E-state index contributed by atoms with van der Waals surface area (Å²) < 4.78 is 7.02. The van der Waals surface area contributed by atoms with Crippen molar-refractivity contribution in [3.05, 3.63) is 47.8 Å². The summed E-state index contributed by atoms with van der Waals surface area (Å²) in [6, 6.07) is 10.0. The Morgan fingerprint density at radius 2 is 2.00 bits per heavy atom. The fourth-order valence-electron chi connectivity index (χ4n) is 2.73. The summed E-state index contributed by atoms with van der Waals surface area (Å²) in [5, 5.41) is 19.7. The van der Waals surface area contributed by atoms with Crippen molar-refractivity contribution in [1.82, 2.24) is 9.55 Å². The number of benzene rings is 2. The normalized spacial score (nSPS) is 11.2. The molecular formula is C18H18N2O4. The predicted molar refractivity (Wildman–Crippen MR) is 90.3 cm³/mol. The van der Waals surface area contributed by atoms with Gasteiger partial charge in [0.25, 0.3) is 0 Å². The van der Waals surface area contributed by atoms with Gasteiger partial charge in [-0.2, -0.15) is 0 Å². The summed E-state index contributed by atoms with van der Waals surface area (Å²) in [4.78, 5) is 15.8. The van der Waals surface area contributed by atoms with Crippen LogP contribution in [0.2, 0.25) is 0 Å². The molecule has 0 aliphatic heterocycles. The monoisotopic (exact) mass is 326 g/mol. The number of aromatic nitrogens is 2. The minimum Gasteiger partial charge on any atom is -0.503 e. The largest absolute Gasteiger partial charge is 0.503 e. The summed E-state index contributed by atoms with van der Waals surface area (Å²) in [6.45, 7) is 3.99. The highest BCUT2D eigenvalue weighted by Crippen LogP contribution is 2.36. The van der Waals surface area contributed by atoms with E-state index in [9.17, 15) is 9.90 Å². The number of ether oxygens (including phenoxy) is 1. The summed E-state index contributed by atoms with van der Waals surface area (Å²) in [5.41, 5.74) is 2.02. The number of carboxylic acids is 1. The van der Waals surface area contributed by atoms with Gasteiger partial charge in [-0.1, -0.05) is 19.9 Å². The van der Waals surface area contributed by atoms with Crippen LogP contribution in [0.1, 0.15) is 35.9 Å². The summed E-state index contributed by atoms with van der Waals surface area (Å²) >= 11 is 0. The van der Waals surface area contributed by atoms with Crippen LogP contribution < -0.4 is 4.74 Å². The van der Waals surface area contributed by atoms with E-state index in [1.165, 1.54) is 19.2 Å². The van der Waals surface area contributed by atoms with Crippen molar-refractivity contribution in [2.75, 3.05) is 7.11 Å². The van der Waals surface area contributed by atoms with E-state index in [4.69, 9.17) is 9.84 Å². The number of methoxy groups -OCH3 is 1. The Labute approximate surface area is 138 Å². The van der Waals surface area contributed by atoms with Crippen LogP contribution in [-0.2, 0) is 0 Å². The molecule has 24 heavy (non-hydrogen) atoms. The summed E-state index contributed by atoms with van der Waals surface area (Å²) in [6.07, 6.45) is 0. The minimum atomic E-state index is -0.998. The van der Waals surface area contributed by atoms with E-state index >= 15 is 0 Å². The van der Waals surface area contributed by atoms with Crippen LogP contribution in [0.25, 0.3) is 16.7 Å². The molecule has 2 N–H and O–H groups in total. The van der Waals surface area contributed by atoms with Crippen LogP contribution in [0.15, 0.2) is 36.4 Å². The van der Waals surface area contributed by atoms with Crippen molar-refractivity contribution in [3.8, 4) is 17.2 Å². The molecule has 0 amide bonds. The molecule has 0 saturated carbocycles. The molecule has 2 aromatic carbocycles. The van der Waals surface area contributed by atoms with Crippen molar-refractivity contribution < 1.29 is 19.7 Å². The van der Waals surface area contributed by atoms with Gasteiger partial charge in [-0.15, -0.1) is 0 Å². The van der Waals surface area contributed by atoms with E-state index < -0.39 is 5.97 Å². The first-order valence-corrected chi connectivity index (χ1v) is 7.56. The van der Waals surface area contributed by atoms with Gasteiger partial charge in [-0.3, -0.25) is 4.57 Å². The number of fused-ring (bicyclic) bond motifs is 1. The summed E-state index contributed by atoms with van der Waals surface area (Å²) in [7, 11) is 1.49. The number of rotatable bonds is 4. The van der Waals surface area contributed by atoms with E-state index in [0.29, 0.717) is 17.0 Å². The third kappa shape index (κ3) is 2.46. The van der Waals surface area contributed by atoms with Crippen molar-refractivity contribution in [2.24, 2.45) is 0 Å². The molecule has 0 fully saturated rings. The molecule has 0 aliphatic carbocycles. The standard InChI is InChI=1S/C18H18N2O4/c1-10(2)17-19-12-9-11(18(22)23)7-8-13(12)20(17)14-5-4-6-15(24-3)16(14)21/h4-10,21H,1-3H3,(H,22,23). The maximum Gasteiger partial charge on any atom is 0.335 e. The van der Waals surface area contributed by atoms with Gasteiger partial charge in [0.1, 0.15) is 5.82 Å². The molecule has 1 aromatic heterocycles. The Morgan fingerprint density at radius 3 is 2.62 bits per heavy atom. The molecule has 3 rings (SSSR count). The molecule has 0 saturated heterocycles. The Morgan fingerprint density at radius 1 is 1.25 bits per heavy atom. The number of imidazole rings is 1. The van der Waals surface area contributed by atoms with Crippen LogP contribution in [0.5, 0.6) is 11.5 Å². The lowest BCUT2D eigenvalue weighted by Crippen LogP contribution is -2.04. The van der Waals surface area contributed by atoms with Gasteiger partial charge in [0, 0.05) is 5.92 Å². The minimum absolute atomic E-state index is 0.0171. The second kappa shape index (κ2) is 5.88. The first-order chi connectivity index (χ1) is 11.4. The number of aromatic hydroxyl groups is 1. The van der Waals surface area contributed by atoms with Crippen molar-refractivity contribution in [1.29, 1.82) is 0 Å². The van der Waals surface area contributed by atoms with Crippen LogP contribution >= 0.6 is 0 Å². The third-order valence-corrected chi connectivity index (χ3v) is 3.88. The quantitative estimate of drug-likeness (QED) is 0.766. The zero-order chi connectivity index (χ0) is 17.4. The highest BCUT2D eigenvalue weighted by atomic mass is 16.5. The molecule has 0 bridgehead atoms. The van der Waals surface area contributed by atoms with Gasteiger partial charge >= 0.3 is 5.97 Å². The molecular weight excluding hydrogens is 308 g/mol. The van der Waals surface area contributed by atoms with Crippen LogP contribution in [0.3, 0.4) is 0 Å². The lowest BCUT2D eigenvalue weighted by atomic mass is 10.2. The fourth-order valence-corrected chi connectivity index (χ4v) is 2.73. The van der Waals surface area contributed by atoms with Gasteiger partial charge in [-0.25, -0.2) is 9.78 Å². The zero-order valence-electron chi connectivity index (χ0n) is 13.6. The first-order valence-electron chi connectivity index (χ1n) is 7.56. The van der Waals surface area contributed by atoms with Crippen LogP contribution in [0, 0.1) is 0 Å². The van der Waals surface area contributed by atoms with E-state index in [-0.39, 0.29) is 17.2 Å². The Kier molecular flexibility index (Phi) is 3.89. The molecule has 6 heteroatoms. The number of aromatic carboxylic acids is 1. The molecule has 6 nitrogen and oxygen atoms in total. The number of para-hydroxylation sites is 1. The molecule has 1 heterocycles. The summed E-state index contributed by atoms with van der Waals surface area (Å²) in [5.74, 6) is 0.198. The first kappa shape index (κ1) is 15.9. The molecule has 0 unspecified atom stereocenters. The van der Waals surface area contributed by atoms with Gasteiger partial charge in [0.05, 0.1) is 29.4 Å². The van der Waals surface area contributed by atoms with Crippen molar-refractivity contribution in [2.45, 2.75) is 19.8 Å². The maximum absolute atomic E-state index is 11.2. The smallest absolute Gasteiger partial charge is 0.335 e. The average Bonchev–Trinajstić information content (AvgIpc) is 2.93. The van der Waals surface area contributed by atoms with Crippen molar-refractivity contribution >= 4 is 17.0 Å². The Balaban J connectivity index is 2.34. The maximum atomic E-state index is 11.2. The number of hydrogen-bond acceptors (Lipinski definition) is 4. The number of carbonyl (C=O) groups is 1. The molecule has 124 valence electrons. The number of nitrogens with zero attached hydrogens (tertiary/aromatic N) is 2. The lowest BCUT2D eigenvalue weighted by Gasteiger charge is -2.14. The number of carboxylic acid groups (broad SMARTS) is 1. The van der Waals surface area contributed by atoms with E-state index in [1.807, 2.05) is 18.4 Å². The predicted octanol–water partition coefficient (Wildman–Crippen LogP) is 3.56. The van der Waals surface area contributed by atoms with Gasteiger partial charge in [0.2, 0.25) is 0 Å². The van der Waals surface area contributed by atoms with E-state index in [1.54, 1.807) is 24.3 Å². The highest BCUT2D eigenvalue weighted by molar-refractivity contribution is 5.93. The topological polar surface area (TPSA) is 84.6 Å². The van der Waals surface area contributed by atoms with Gasteiger partial charge in [-0.05, 0) is 30.3 Å². The molecule has 0 atom stereocenters. The Bertz CT molecular complexity index is 928. The fraction of sp³-hybridized carbons (Fsp3) is 0.222. The lowest BCUT2D eigenvalue weighted by molar-refractivity contribution is 0.0697. The van der Waals surface area contributed by atoms with Crippen molar-refractivity contribution in [3.63, 3.8) is 0 Å². The second-order valence-corrected chi connectivity index (χ2v) is 5.80. The van der Waals surface area contributed by atoms with Crippen LogP contribution in [0.4, 0.5) is 0 Å². The second-order valence-electron chi connectivity index (χ2n) is 5.80. The van der Waals surface area contributed by atoms with Gasteiger partial charge in [0.15, 0.2) is 11.5 Å². The molecule has 0 radical (unpaired) electrons. The average molecular weight is 326 g/mol. The molecule has 0 aliphatic rings. The highest BCUT2D eigenvalue weighted by Gasteiger charge is 2.20. The van der Waals surface area contributed by atoms with E-state index in [0.717, 1.165) is 11.3 Å². The molecule has 3 aromatic rings. The molecule has 0 spiro atoms. The van der Waals surface area contributed by atoms with Crippen LogP contribution in [-0.4, -0.2) is 32.8 Å². The Hall–Kier alpha value is -3.02. The number of hydrogen-bond donors (Lipinski definition) is 2. The number of phenols is 1. The zero-order valence-corrected chi connectivity index (χ0v) is 13.6.